The minimum absolute atomic E-state index is 0.303. The van der Waals surface area contributed by atoms with Crippen LogP contribution < -0.4 is 5.73 Å². The molecule has 112 valence electrons. The zero-order chi connectivity index (χ0) is 14.5. The number of nitrogens with zero attached hydrogens (tertiary/aromatic N) is 1. The van der Waals surface area contributed by atoms with Crippen LogP contribution in [-0.2, 0) is 4.74 Å². The van der Waals surface area contributed by atoms with Gasteiger partial charge in [0.2, 0.25) is 0 Å². The van der Waals surface area contributed by atoms with Gasteiger partial charge < -0.3 is 10.5 Å². The number of hydrogen-bond donors (Lipinski definition) is 1. The summed E-state index contributed by atoms with van der Waals surface area (Å²) in [7, 11) is 2.19. The van der Waals surface area contributed by atoms with E-state index in [0.717, 1.165) is 19.8 Å². The summed E-state index contributed by atoms with van der Waals surface area (Å²) >= 11 is 0. The quantitative estimate of drug-likeness (QED) is 0.898. The highest BCUT2D eigenvalue weighted by atomic mass is 16.5. The van der Waals surface area contributed by atoms with E-state index in [0.29, 0.717) is 18.5 Å². The fourth-order valence-electron chi connectivity index (χ4n) is 3.15. The van der Waals surface area contributed by atoms with Crippen molar-refractivity contribution >= 4 is 0 Å². The van der Waals surface area contributed by atoms with E-state index < -0.39 is 0 Å². The molecule has 0 aliphatic carbocycles. The van der Waals surface area contributed by atoms with Crippen molar-refractivity contribution in [1.82, 2.24) is 4.90 Å². The van der Waals surface area contributed by atoms with Crippen LogP contribution in [-0.4, -0.2) is 38.3 Å². The Balaban J connectivity index is 2.07. The third kappa shape index (κ3) is 3.81. The first-order valence-corrected chi connectivity index (χ1v) is 7.67. The van der Waals surface area contributed by atoms with Crippen molar-refractivity contribution in [2.24, 2.45) is 11.7 Å². The van der Waals surface area contributed by atoms with E-state index in [9.17, 15) is 0 Å². The van der Waals surface area contributed by atoms with Gasteiger partial charge in [-0.15, -0.1) is 0 Å². The third-order valence-corrected chi connectivity index (χ3v) is 4.35. The monoisotopic (exact) mass is 276 g/mol. The van der Waals surface area contributed by atoms with E-state index in [1.165, 1.54) is 29.5 Å². The summed E-state index contributed by atoms with van der Waals surface area (Å²) in [5.41, 5.74) is 10.1. The highest BCUT2D eigenvalue weighted by Gasteiger charge is 2.22. The van der Waals surface area contributed by atoms with Crippen LogP contribution in [0.25, 0.3) is 0 Å². The van der Waals surface area contributed by atoms with Crippen molar-refractivity contribution in [1.29, 1.82) is 0 Å². The summed E-state index contributed by atoms with van der Waals surface area (Å²) in [6.45, 7) is 7.87. The van der Waals surface area contributed by atoms with E-state index in [4.69, 9.17) is 10.5 Å². The lowest BCUT2D eigenvalue weighted by atomic mass is 9.96. The van der Waals surface area contributed by atoms with Crippen LogP contribution in [0.3, 0.4) is 0 Å². The molecule has 0 amide bonds. The Labute approximate surface area is 123 Å². The molecule has 0 radical (unpaired) electrons. The Morgan fingerprint density at radius 2 is 2.20 bits per heavy atom. The van der Waals surface area contributed by atoms with Crippen LogP contribution in [0, 0.1) is 19.8 Å². The highest BCUT2D eigenvalue weighted by molar-refractivity contribution is 5.33. The number of hydrogen-bond acceptors (Lipinski definition) is 3. The van der Waals surface area contributed by atoms with Crippen molar-refractivity contribution < 1.29 is 4.74 Å². The number of ether oxygens (including phenoxy) is 1. The number of nitrogens with two attached hydrogens (primary N) is 1. The molecular weight excluding hydrogens is 248 g/mol. The van der Waals surface area contributed by atoms with Gasteiger partial charge in [0.05, 0.1) is 6.61 Å². The molecule has 1 heterocycles. The van der Waals surface area contributed by atoms with Gasteiger partial charge in [0.1, 0.15) is 0 Å². The largest absolute Gasteiger partial charge is 0.381 e. The maximum Gasteiger partial charge on any atom is 0.0506 e. The summed E-state index contributed by atoms with van der Waals surface area (Å²) in [4.78, 5) is 2.40. The van der Waals surface area contributed by atoms with Crippen LogP contribution in [0.4, 0.5) is 0 Å². The number of rotatable bonds is 5. The Kier molecular flexibility index (Phi) is 5.58. The first-order valence-electron chi connectivity index (χ1n) is 7.67. The van der Waals surface area contributed by atoms with E-state index in [1.54, 1.807) is 0 Å². The second-order valence-electron chi connectivity index (χ2n) is 6.13. The van der Waals surface area contributed by atoms with Crippen LogP contribution in [0.2, 0.25) is 0 Å². The molecule has 1 fully saturated rings. The minimum Gasteiger partial charge on any atom is -0.381 e. The van der Waals surface area contributed by atoms with Crippen LogP contribution >= 0.6 is 0 Å². The molecule has 20 heavy (non-hydrogen) atoms. The van der Waals surface area contributed by atoms with Gasteiger partial charge in [-0.05, 0) is 50.8 Å². The molecule has 2 atom stereocenters. The van der Waals surface area contributed by atoms with E-state index in [2.05, 4.69) is 44.0 Å². The zero-order valence-electron chi connectivity index (χ0n) is 13.1. The van der Waals surface area contributed by atoms with E-state index >= 15 is 0 Å². The van der Waals surface area contributed by atoms with E-state index in [1.807, 2.05) is 0 Å². The lowest BCUT2D eigenvalue weighted by Crippen LogP contribution is -2.37. The Morgan fingerprint density at radius 1 is 1.40 bits per heavy atom. The van der Waals surface area contributed by atoms with Crippen LogP contribution in [0.1, 0.15) is 35.6 Å². The maximum absolute atomic E-state index is 6.06. The van der Waals surface area contributed by atoms with Gasteiger partial charge in [0, 0.05) is 25.7 Å². The van der Waals surface area contributed by atoms with Crippen LogP contribution in [0.5, 0.6) is 0 Å². The first-order chi connectivity index (χ1) is 9.61. The smallest absolute Gasteiger partial charge is 0.0506 e. The summed E-state index contributed by atoms with van der Waals surface area (Å²) < 4.78 is 5.59. The van der Waals surface area contributed by atoms with Crippen molar-refractivity contribution in [2.45, 2.75) is 32.7 Å². The molecular formula is C17H28N2O. The topological polar surface area (TPSA) is 38.5 Å². The molecule has 2 N–H and O–H groups in total. The molecule has 1 saturated heterocycles. The molecule has 0 spiro atoms. The number of likely N-dealkylation sites (N-methyl/N-ethyl adjacent to an activating group) is 1. The van der Waals surface area contributed by atoms with Gasteiger partial charge in [-0.3, -0.25) is 4.90 Å². The second kappa shape index (κ2) is 7.21. The average Bonchev–Trinajstić information content (AvgIpc) is 2.44. The number of aryl methyl sites for hydroxylation is 2. The van der Waals surface area contributed by atoms with E-state index in [-0.39, 0.29) is 0 Å². The van der Waals surface area contributed by atoms with Crippen LogP contribution in [0.15, 0.2) is 18.2 Å². The van der Waals surface area contributed by atoms with Gasteiger partial charge in [-0.1, -0.05) is 23.8 Å². The Bertz CT molecular complexity index is 427. The van der Waals surface area contributed by atoms with Gasteiger partial charge in [-0.25, -0.2) is 0 Å². The molecule has 1 aliphatic heterocycles. The highest BCUT2D eigenvalue weighted by Crippen LogP contribution is 2.25. The normalized spacial score (nSPS) is 21.1. The molecule has 2 rings (SSSR count). The van der Waals surface area contributed by atoms with Crippen molar-refractivity contribution in [3.63, 3.8) is 0 Å². The molecule has 0 aromatic heterocycles. The predicted octanol–water partition coefficient (Wildman–Crippen LogP) is 2.66. The first kappa shape index (κ1) is 15.5. The fraction of sp³-hybridized carbons (Fsp3) is 0.647. The molecule has 3 nitrogen and oxygen atoms in total. The maximum atomic E-state index is 6.06. The molecule has 2 unspecified atom stereocenters. The number of benzene rings is 1. The second-order valence-corrected chi connectivity index (χ2v) is 6.13. The van der Waals surface area contributed by atoms with Crippen molar-refractivity contribution in [3.8, 4) is 0 Å². The van der Waals surface area contributed by atoms with Gasteiger partial charge in [0.15, 0.2) is 0 Å². The summed E-state index contributed by atoms with van der Waals surface area (Å²) in [6, 6.07) is 6.95. The average molecular weight is 276 g/mol. The minimum atomic E-state index is 0.303. The van der Waals surface area contributed by atoms with Crippen molar-refractivity contribution in [2.75, 3.05) is 33.4 Å². The van der Waals surface area contributed by atoms with Gasteiger partial charge in [-0.2, -0.15) is 0 Å². The molecule has 0 bridgehead atoms. The molecule has 0 saturated carbocycles. The standard InChI is InChI=1S/C17H28N2O/c1-13-6-7-14(2)16(9-13)17(10-18)19(3)11-15-5-4-8-20-12-15/h6-7,9,15,17H,4-5,8,10-12,18H2,1-3H3. The molecule has 1 aliphatic rings. The SMILES string of the molecule is Cc1ccc(C)c(C(CN)N(C)CC2CCCOC2)c1. The Morgan fingerprint density at radius 3 is 2.85 bits per heavy atom. The lowest BCUT2D eigenvalue weighted by Gasteiger charge is -2.33. The zero-order valence-corrected chi connectivity index (χ0v) is 13.1. The lowest BCUT2D eigenvalue weighted by molar-refractivity contribution is 0.0365. The molecule has 3 heteroatoms. The molecule has 1 aromatic rings. The van der Waals surface area contributed by atoms with Gasteiger partial charge in [0.25, 0.3) is 0 Å². The molecule has 1 aromatic carbocycles. The fourth-order valence-corrected chi connectivity index (χ4v) is 3.15. The summed E-state index contributed by atoms with van der Waals surface area (Å²) in [5.74, 6) is 0.646. The van der Waals surface area contributed by atoms with Gasteiger partial charge >= 0.3 is 0 Å². The van der Waals surface area contributed by atoms with Crippen molar-refractivity contribution in [3.05, 3.63) is 34.9 Å². The Hall–Kier alpha value is -0.900. The summed E-state index contributed by atoms with van der Waals surface area (Å²) in [6.07, 6.45) is 2.46. The predicted molar refractivity (Wildman–Crippen MR) is 83.9 cm³/mol. The summed E-state index contributed by atoms with van der Waals surface area (Å²) in [5, 5.41) is 0. The third-order valence-electron chi connectivity index (χ3n) is 4.35.